The molecule has 5 nitrogen and oxygen atoms in total. The summed E-state index contributed by atoms with van der Waals surface area (Å²) in [6.45, 7) is 0. The van der Waals surface area contributed by atoms with Gasteiger partial charge in [0.2, 0.25) is 5.91 Å². The van der Waals surface area contributed by atoms with Crippen LogP contribution in [0.5, 0.6) is 11.5 Å². The van der Waals surface area contributed by atoms with E-state index in [9.17, 15) is 9.18 Å². The molecule has 0 bridgehead atoms. The molecule has 1 aromatic heterocycles. The first-order valence-corrected chi connectivity index (χ1v) is 9.19. The SMILES string of the molecule is COc1ccc(NC(=O)CCc2nc(-c3ccc(F)cc3)cs2)c(OC)c1. The second-order valence-corrected chi connectivity index (χ2v) is 6.69. The summed E-state index contributed by atoms with van der Waals surface area (Å²) in [5, 5.41) is 5.61. The lowest BCUT2D eigenvalue weighted by Crippen LogP contribution is -2.13. The number of aryl methyl sites for hydroxylation is 1. The van der Waals surface area contributed by atoms with Crippen molar-refractivity contribution in [1.29, 1.82) is 0 Å². The maximum atomic E-state index is 13.0. The standard InChI is InChI=1S/C20H19FN2O3S/c1-25-15-7-8-16(18(11-15)26-2)22-19(24)9-10-20-23-17(12-27-20)13-3-5-14(21)6-4-13/h3-8,11-12H,9-10H2,1-2H3,(H,22,24). The van der Waals surface area contributed by atoms with Crippen LogP contribution >= 0.6 is 11.3 Å². The molecular weight excluding hydrogens is 367 g/mol. The van der Waals surface area contributed by atoms with Crippen LogP contribution in [0.25, 0.3) is 11.3 Å². The van der Waals surface area contributed by atoms with Crippen molar-refractivity contribution < 1.29 is 18.7 Å². The highest BCUT2D eigenvalue weighted by atomic mass is 32.1. The van der Waals surface area contributed by atoms with Crippen LogP contribution in [0.3, 0.4) is 0 Å². The van der Waals surface area contributed by atoms with Gasteiger partial charge in [0.25, 0.3) is 0 Å². The lowest BCUT2D eigenvalue weighted by molar-refractivity contribution is -0.116. The lowest BCUT2D eigenvalue weighted by atomic mass is 10.2. The Bertz CT molecular complexity index is 925. The fourth-order valence-corrected chi connectivity index (χ4v) is 3.32. The molecule has 3 rings (SSSR count). The first-order chi connectivity index (χ1) is 13.1. The van der Waals surface area contributed by atoms with Crippen molar-refractivity contribution in [3.63, 3.8) is 0 Å². The number of halogens is 1. The zero-order chi connectivity index (χ0) is 19.2. The van der Waals surface area contributed by atoms with E-state index in [0.29, 0.717) is 30.0 Å². The van der Waals surface area contributed by atoms with Crippen molar-refractivity contribution in [3.05, 3.63) is 58.7 Å². The summed E-state index contributed by atoms with van der Waals surface area (Å²) >= 11 is 1.48. The monoisotopic (exact) mass is 386 g/mol. The summed E-state index contributed by atoms with van der Waals surface area (Å²) < 4.78 is 23.4. The van der Waals surface area contributed by atoms with E-state index in [1.54, 1.807) is 37.4 Å². The van der Waals surface area contributed by atoms with E-state index >= 15 is 0 Å². The minimum Gasteiger partial charge on any atom is -0.497 e. The van der Waals surface area contributed by atoms with Gasteiger partial charge in [-0.05, 0) is 36.4 Å². The number of nitrogens with one attached hydrogen (secondary N) is 1. The van der Waals surface area contributed by atoms with Crippen LogP contribution in [0, 0.1) is 5.82 Å². The van der Waals surface area contributed by atoms with Gasteiger partial charge in [-0.3, -0.25) is 4.79 Å². The zero-order valence-corrected chi connectivity index (χ0v) is 15.8. The smallest absolute Gasteiger partial charge is 0.224 e. The molecule has 0 saturated carbocycles. The average Bonchev–Trinajstić information content (AvgIpc) is 3.16. The third-order valence-corrected chi connectivity index (χ3v) is 4.85. The normalized spacial score (nSPS) is 10.5. The number of hydrogen-bond donors (Lipinski definition) is 1. The van der Waals surface area contributed by atoms with Crippen LogP contribution < -0.4 is 14.8 Å². The molecule has 0 spiro atoms. The largest absolute Gasteiger partial charge is 0.497 e. The van der Waals surface area contributed by atoms with Gasteiger partial charge in [-0.15, -0.1) is 11.3 Å². The number of carbonyl (C=O) groups excluding carboxylic acids is 1. The number of carbonyl (C=O) groups is 1. The summed E-state index contributed by atoms with van der Waals surface area (Å²) in [6.07, 6.45) is 0.821. The van der Waals surface area contributed by atoms with Crippen LogP contribution in [0.4, 0.5) is 10.1 Å². The fourth-order valence-electron chi connectivity index (χ4n) is 2.51. The zero-order valence-electron chi connectivity index (χ0n) is 15.0. The topological polar surface area (TPSA) is 60.5 Å². The summed E-state index contributed by atoms with van der Waals surface area (Å²) in [5.41, 5.74) is 2.23. The number of amides is 1. The summed E-state index contributed by atoms with van der Waals surface area (Å²) in [4.78, 5) is 16.8. The van der Waals surface area contributed by atoms with Crippen molar-refractivity contribution >= 4 is 22.9 Å². The van der Waals surface area contributed by atoms with Gasteiger partial charge in [-0.1, -0.05) is 0 Å². The predicted octanol–water partition coefficient (Wildman–Crippen LogP) is 4.54. The molecule has 0 atom stereocenters. The van der Waals surface area contributed by atoms with E-state index in [4.69, 9.17) is 9.47 Å². The number of nitrogens with zero attached hydrogens (tertiary/aromatic N) is 1. The second-order valence-electron chi connectivity index (χ2n) is 5.75. The molecule has 0 unspecified atom stereocenters. The number of rotatable bonds is 7. The molecule has 1 N–H and O–H groups in total. The summed E-state index contributed by atoms with van der Waals surface area (Å²) in [7, 11) is 3.11. The number of ether oxygens (including phenoxy) is 2. The fraction of sp³-hybridized carbons (Fsp3) is 0.200. The van der Waals surface area contributed by atoms with E-state index < -0.39 is 0 Å². The van der Waals surface area contributed by atoms with Gasteiger partial charge in [0.1, 0.15) is 17.3 Å². The number of hydrogen-bond acceptors (Lipinski definition) is 5. The van der Waals surface area contributed by atoms with E-state index in [1.165, 1.54) is 30.6 Å². The van der Waals surface area contributed by atoms with Crippen LogP contribution in [-0.4, -0.2) is 25.1 Å². The molecule has 2 aromatic carbocycles. The van der Waals surface area contributed by atoms with Crippen LogP contribution in [-0.2, 0) is 11.2 Å². The minimum atomic E-state index is -0.278. The Morgan fingerprint density at radius 1 is 1.15 bits per heavy atom. The number of benzene rings is 2. The first kappa shape index (κ1) is 18.8. The Morgan fingerprint density at radius 3 is 2.63 bits per heavy atom. The molecule has 0 radical (unpaired) electrons. The van der Waals surface area contributed by atoms with Crippen molar-refractivity contribution in [2.75, 3.05) is 19.5 Å². The van der Waals surface area contributed by atoms with Crippen LogP contribution in [0.1, 0.15) is 11.4 Å². The van der Waals surface area contributed by atoms with E-state index in [0.717, 1.165) is 16.3 Å². The lowest BCUT2D eigenvalue weighted by Gasteiger charge is -2.11. The molecule has 0 fully saturated rings. The van der Waals surface area contributed by atoms with E-state index in [1.807, 2.05) is 5.38 Å². The molecular formula is C20H19FN2O3S. The highest BCUT2D eigenvalue weighted by molar-refractivity contribution is 7.09. The van der Waals surface area contributed by atoms with Gasteiger partial charge in [-0.2, -0.15) is 0 Å². The second kappa shape index (κ2) is 8.64. The number of aromatic nitrogens is 1. The van der Waals surface area contributed by atoms with Crippen molar-refractivity contribution in [2.24, 2.45) is 0 Å². The minimum absolute atomic E-state index is 0.128. The molecule has 0 aliphatic rings. The van der Waals surface area contributed by atoms with Crippen LogP contribution in [0.2, 0.25) is 0 Å². The molecule has 3 aromatic rings. The average molecular weight is 386 g/mol. The molecule has 0 aliphatic carbocycles. The Hall–Kier alpha value is -2.93. The number of thiazole rings is 1. The Kier molecular flexibility index (Phi) is 6.03. The van der Waals surface area contributed by atoms with Gasteiger partial charge in [-0.25, -0.2) is 9.37 Å². The van der Waals surface area contributed by atoms with Crippen molar-refractivity contribution in [3.8, 4) is 22.8 Å². The molecule has 1 amide bonds. The molecule has 1 heterocycles. The Morgan fingerprint density at radius 2 is 1.93 bits per heavy atom. The van der Waals surface area contributed by atoms with Crippen molar-refractivity contribution in [1.82, 2.24) is 4.98 Å². The first-order valence-electron chi connectivity index (χ1n) is 8.31. The van der Waals surface area contributed by atoms with Crippen molar-refractivity contribution in [2.45, 2.75) is 12.8 Å². The maximum Gasteiger partial charge on any atom is 0.224 e. The predicted molar refractivity (Wildman–Crippen MR) is 104 cm³/mol. The van der Waals surface area contributed by atoms with Gasteiger partial charge in [0.05, 0.1) is 30.6 Å². The van der Waals surface area contributed by atoms with Gasteiger partial charge < -0.3 is 14.8 Å². The highest BCUT2D eigenvalue weighted by Crippen LogP contribution is 2.29. The molecule has 0 saturated heterocycles. The van der Waals surface area contributed by atoms with Crippen LogP contribution in [0.15, 0.2) is 47.8 Å². The number of methoxy groups -OCH3 is 2. The third kappa shape index (κ3) is 4.83. The Balaban J connectivity index is 1.59. The quantitative estimate of drug-likeness (QED) is 0.648. The molecule has 7 heteroatoms. The van der Waals surface area contributed by atoms with Gasteiger partial charge in [0.15, 0.2) is 0 Å². The molecule has 140 valence electrons. The summed E-state index contributed by atoms with van der Waals surface area (Å²) in [5.74, 6) is 0.785. The highest BCUT2D eigenvalue weighted by Gasteiger charge is 2.11. The van der Waals surface area contributed by atoms with E-state index in [2.05, 4.69) is 10.3 Å². The summed E-state index contributed by atoms with van der Waals surface area (Å²) in [6, 6.07) is 11.4. The third-order valence-electron chi connectivity index (χ3n) is 3.94. The van der Waals surface area contributed by atoms with Gasteiger partial charge in [0, 0.05) is 29.9 Å². The Labute approximate surface area is 160 Å². The van der Waals surface area contributed by atoms with Gasteiger partial charge >= 0.3 is 0 Å². The molecule has 27 heavy (non-hydrogen) atoms. The molecule has 0 aliphatic heterocycles. The maximum absolute atomic E-state index is 13.0. The van der Waals surface area contributed by atoms with E-state index in [-0.39, 0.29) is 11.7 Å². The number of anilines is 1.